The number of nitrogens with zero attached hydrogens (tertiary/aromatic N) is 1. The lowest BCUT2D eigenvalue weighted by atomic mass is 9.78. The second-order valence-corrected chi connectivity index (χ2v) is 7.00. The van der Waals surface area contributed by atoms with Crippen molar-refractivity contribution in [3.8, 4) is 0 Å². The molecule has 1 aromatic rings. The van der Waals surface area contributed by atoms with Crippen molar-refractivity contribution in [2.24, 2.45) is 0 Å². The van der Waals surface area contributed by atoms with Crippen LogP contribution < -0.4 is 5.32 Å². The topological polar surface area (TPSA) is 49.4 Å². The zero-order chi connectivity index (χ0) is 16.3. The van der Waals surface area contributed by atoms with Gasteiger partial charge in [0.1, 0.15) is 0 Å². The molecule has 0 atom stereocenters. The Morgan fingerprint density at radius 1 is 1.22 bits per heavy atom. The second-order valence-electron chi connectivity index (χ2n) is 7.00. The van der Waals surface area contributed by atoms with Gasteiger partial charge in [0.2, 0.25) is 11.8 Å². The number of nitrogens with one attached hydrogen (secondary N) is 1. The van der Waals surface area contributed by atoms with Crippen molar-refractivity contribution in [1.82, 2.24) is 10.2 Å². The van der Waals surface area contributed by atoms with Gasteiger partial charge in [0, 0.05) is 31.5 Å². The summed E-state index contributed by atoms with van der Waals surface area (Å²) in [5, 5.41) is 3.18. The van der Waals surface area contributed by atoms with Crippen molar-refractivity contribution in [3.63, 3.8) is 0 Å². The van der Waals surface area contributed by atoms with E-state index in [0.29, 0.717) is 12.8 Å². The Morgan fingerprint density at radius 3 is 2.52 bits per heavy atom. The smallest absolute Gasteiger partial charge is 0.222 e. The van der Waals surface area contributed by atoms with E-state index in [1.807, 2.05) is 30.1 Å². The molecule has 2 aliphatic rings. The van der Waals surface area contributed by atoms with Gasteiger partial charge >= 0.3 is 0 Å². The normalized spacial score (nSPS) is 27.4. The van der Waals surface area contributed by atoms with Crippen LogP contribution in [0.5, 0.6) is 0 Å². The molecule has 4 nitrogen and oxygen atoms in total. The highest BCUT2D eigenvalue weighted by Gasteiger charge is 2.45. The summed E-state index contributed by atoms with van der Waals surface area (Å²) in [5.74, 6) is 0.418. The Bertz CT molecular complexity index is 562. The minimum atomic E-state index is 0.0718. The number of amides is 2. The predicted octanol–water partition coefficient (Wildman–Crippen LogP) is 2.67. The van der Waals surface area contributed by atoms with E-state index in [-0.39, 0.29) is 23.4 Å². The number of hydrogen-bond acceptors (Lipinski definition) is 2. The van der Waals surface area contributed by atoms with Gasteiger partial charge in [-0.2, -0.15) is 0 Å². The SMILES string of the molecule is CN1C(=O)CCC12CCC(NC(=O)CCc1ccccc1)CC2. The average Bonchev–Trinajstić information content (AvgIpc) is 2.85. The lowest BCUT2D eigenvalue weighted by molar-refractivity contribution is -0.131. The van der Waals surface area contributed by atoms with Gasteiger partial charge in [0.05, 0.1) is 0 Å². The first-order valence-electron chi connectivity index (χ1n) is 8.69. The van der Waals surface area contributed by atoms with Crippen molar-refractivity contribution >= 4 is 11.8 Å². The number of aryl methyl sites for hydroxylation is 1. The first-order valence-corrected chi connectivity index (χ1v) is 8.69. The Kier molecular flexibility index (Phi) is 4.69. The van der Waals surface area contributed by atoms with Crippen LogP contribution in [0.2, 0.25) is 0 Å². The Balaban J connectivity index is 1.44. The molecule has 0 aromatic heterocycles. The van der Waals surface area contributed by atoms with E-state index < -0.39 is 0 Å². The van der Waals surface area contributed by atoms with E-state index in [9.17, 15) is 9.59 Å². The van der Waals surface area contributed by atoms with Crippen molar-refractivity contribution < 1.29 is 9.59 Å². The minimum Gasteiger partial charge on any atom is -0.353 e. The summed E-state index contributed by atoms with van der Waals surface area (Å²) in [6, 6.07) is 10.4. The third kappa shape index (κ3) is 3.57. The van der Waals surface area contributed by atoms with Crippen LogP contribution in [0, 0.1) is 0 Å². The Morgan fingerprint density at radius 2 is 1.91 bits per heavy atom. The highest BCUT2D eigenvalue weighted by Crippen LogP contribution is 2.41. The lowest BCUT2D eigenvalue weighted by Gasteiger charge is -2.42. The minimum absolute atomic E-state index is 0.0718. The number of benzene rings is 1. The van der Waals surface area contributed by atoms with E-state index in [0.717, 1.165) is 38.5 Å². The number of rotatable bonds is 4. The van der Waals surface area contributed by atoms with E-state index >= 15 is 0 Å². The van der Waals surface area contributed by atoms with Crippen molar-refractivity contribution in [3.05, 3.63) is 35.9 Å². The largest absolute Gasteiger partial charge is 0.353 e. The molecule has 1 spiro atoms. The van der Waals surface area contributed by atoms with Gasteiger partial charge in [-0.3, -0.25) is 9.59 Å². The number of carbonyl (C=O) groups excluding carboxylic acids is 2. The summed E-state index contributed by atoms with van der Waals surface area (Å²) in [4.78, 5) is 25.9. The molecule has 23 heavy (non-hydrogen) atoms. The van der Waals surface area contributed by atoms with Gasteiger partial charge in [0.15, 0.2) is 0 Å². The van der Waals surface area contributed by atoms with Crippen molar-refractivity contribution in [2.45, 2.75) is 62.9 Å². The molecule has 2 fully saturated rings. The molecule has 1 aliphatic heterocycles. The molecular formula is C19H26N2O2. The molecule has 0 unspecified atom stereocenters. The zero-order valence-corrected chi connectivity index (χ0v) is 13.9. The maximum Gasteiger partial charge on any atom is 0.222 e. The summed E-state index contributed by atoms with van der Waals surface area (Å²) in [6.07, 6.45) is 6.99. The molecular weight excluding hydrogens is 288 g/mol. The van der Waals surface area contributed by atoms with Crippen LogP contribution in [0.3, 0.4) is 0 Å². The summed E-state index contributed by atoms with van der Waals surface area (Å²) in [5.41, 5.74) is 1.28. The van der Waals surface area contributed by atoms with Gasteiger partial charge in [-0.25, -0.2) is 0 Å². The standard InChI is InChI=1S/C19H26N2O2/c1-21-18(23)11-14-19(21)12-9-16(10-13-19)20-17(22)8-7-15-5-3-2-4-6-15/h2-6,16H,7-14H2,1H3,(H,20,22). The van der Waals surface area contributed by atoms with E-state index in [2.05, 4.69) is 17.4 Å². The van der Waals surface area contributed by atoms with Crippen LogP contribution >= 0.6 is 0 Å². The van der Waals surface area contributed by atoms with E-state index in [4.69, 9.17) is 0 Å². The monoisotopic (exact) mass is 314 g/mol. The van der Waals surface area contributed by atoms with Gasteiger partial charge < -0.3 is 10.2 Å². The van der Waals surface area contributed by atoms with Crippen molar-refractivity contribution in [1.29, 1.82) is 0 Å². The average molecular weight is 314 g/mol. The van der Waals surface area contributed by atoms with Gasteiger partial charge in [-0.05, 0) is 44.1 Å². The summed E-state index contributed by atoms with van der Waals surface area (Å²) in [6.45, 7) is 0. The van der Waals surface area contributed by atoms with Crippen molar-refractivity contribution in [2.75, 3.05) is 7.05 Å². The predicted molar refractivity (Wildman–Crippen MR) is 89.9 cm³/mol. The van der Waals surface area contributed by atoms with Gasteiger partial charge in [0.25, 0.3) is 0 Å². The highest BCUT2D eigenvalue weighted by molar-refractivity contribution is 5.79. The molecule has 1 saturated carbocycles. The molecule has 1 heterocycles. The summed E-state index contributed by atoms with van der Waals surface area (Å²) < 4.78 is 0. The second kappa shape index (κ2) is 6.73. The van der Waals surface area contributed by atoms with E-state index in [1.54, 1.807) is 0 Å². The fourth-order valence-electron chi connectivity index (χ4n) is 4.03. The molecule has 4 heteroatoms. The maximum absolute atomic E-state index is 12.1. The third-order valence-electron chi connectivity index (χ3n) is 5.65. The molecule has 1 saturated heterocycles. The number of likely N-dealkylation sites (tertiary alicyclic amines) is 1. The number of carbonyl (C=O) groups is 2. The summed E-state index contributed by atoms with van der Waals surface area (Å²) >= 11 is 0. The first kappa shape index (κ1) is 16.0. The van der Waals surface area contributed by atoms with Crippen LogP contribution in [0.25, 0.3) is 0 Å². The number of hydrogen-bond donors (Lipinski definition) is 1. The molecule has 124 valence electrons. The molecule has 1 aliphatic carbocycles. The molecule has 0 radical (unpaired) electrons. The molecule has 1 aromatic carbocycles. The van der Waals surface area contributed by atoms with Crippen LogP contribution in [-0.2, 0) is 16.0 Å². The van der Waals surface area contributed by atoms with Crippen LogP contribution in [-0.4, -0.2) is 35.3 Å². The molecule has 3 rings (SSSR count). The lowest BCUT2D eigenvalue weighted by Crippen LogP contribution is -2.49. The molecule has 0 bridgehead atoms. The fraction of sp³-hybridized carbons (Fsp3) is 0.579. The van der Waals surface area contributed by atoms with Crippen LogP contribution in [0.4, 0.5) is 0 Å². The molecule has 2 amide bonds. The van der Waals surface area contributed by atoms with Gasteiger partial charge in [-0.1, -0.05) is 30.3 Å². The third-order valence-corrected chi connectivity index (χ3v) is 5.65. The highest BCUT2D eigenvalue weighted by atomic mass is 16.2. The van der Waals surface area contributed by atoms with Gasteiger partial charge in [-0.15, -0.1) is 0 Å². The zero-order valence-electron chi connectivity index (χ0n) is 13.9. The van der Waals surface area contributed by atoms with E-state index in [1.165, 1.54) is 5.56 Å². The Labute approximate surface area is 138 Å². The first-order chi connectivity index (χ1) is 11.1. The van der Waals surface area contributed by atoms with Crippen LogP contribution in [0.15, 0.2) is 30.3 Å². The maximum atomic E-state index is 12.1. The quantitative estimate of drug-likeness (QED) is 0.929. The van der Waals surface area contributed by atoms with Crippen LogP contribution in [0.1, 0.15) is 50.5 Å². The Hall–Kier alpha value is -1.84. The molecule has 1 N–H and O–H groups in total. The summed E-state index contributed by atoms with van der Waals surface area (Å²) in [7, 11) is 1.94. The fourth-order valence-corrected chi connectivity index (χ4v) is 4.03.